The number of benzene rings is 2. The number of nitrogens with zero attached hydrogens (tertiary/aromatic N) is 1. The number of carbonyl (C=O) groups is 1. The van der Waals surface area contributed by atoms with Gasteiger partial charge in [-0.2, -0.15) is 0 Å². The summed E-state index contributed by atoms with van der Waals surface area (Å²) >= 11 is 7.43. The Morgan fingerprint density at radius 2 is 1.92 bits per heavy atom. The lowest BCUT2D eigenvalue weighted by Gasteiger charge is -2.07. The molecule has 3 rings (SSSR count). The molecule has 0 radical (unpaired) electrons. The molecule has 0 aliphatic rings. The van der Waals surface area contributed by atoms with Crippen LogP contribution in [0.4, 0.5) is 5.69 Å². The third-order valence-electron chi connectivity index (χ3n) is 3.61. The van der Waals surface area contributed by atoms with Gasteiger partial charge in [0.1, 0.15) is 0 Å². The third-order valence-corrected chi connectivity index (χ3v) is 4.77. The van der Waals surface area contributed by atoms with Crippen LogP contribution in [0.2, 0.25) is 5.02 Å². The van der Waals surface area contributed by atoms with E-state index in [9.17, 15) is 4.79 Å². The lowest BCUT2D eigenvalue weighted by Crippen LogP contribution is -2.12. The number of aromatic nitrogens is 1. The summed E-state index contributed by atoms with van der Waals surface area (Å²) in [6, 6.07) is 17.3. The van der Waals surface area contributed by atoms with Gasteiger partial charge in [0.05, 0.1) is 10.5 Å². The van der Waals surface area contributed by atoms with E-state index in [-0.39, 0.29) is 5.91 Å². The molecule has 3 aromatic rings. The second-order valence-electron chi connectivity index (χ2n) is 5.45. The first-order valence-electron chi connectivity index (χ1n) is 7.66. The Morgan fingerprint density at radius 1 is 1.17 bits per heavy atom. The van der Waals surface area contributed by atoms with Crippen LogP contribution < -0.4 is 5.32 Å². The van der Waals surface area contributed by atoms with E-state index in [0.717, 1.165) is 16.2 Å². The zero-order valence-electron chi connectivity index (χ0n) is 13.3. The monoisotopic (exact) mass is 356 g/mol. The van der Waals surface area contributed by atoms with E-state index in [0.29, 0.717) is 17.2 Å². The number of amides is 1. The quantitative estimate of drug-likeness (QED) is 0.629. The molecule has 0 atom stereocenters. The number of para-hydroxylation sites is 1. The fraction of sp³-hybridized carbons (Fsp3) is 0.158. The van der Waals surface area contributed by atoms with Crippen molar-refractivity contribution < 1.29 is 4.79 Å². The van der Waals surface area contributed by atoms with Crippen LogP contribution in [0.15, 0.2) is 59.6 Å². The highest BCUT2D eigenvalue weighted by Gasteiger charge is 2.06. The molecule has 0 spiro atoms. The Balaban J connectivity index is 1.56. The van der Waals surface area contributed by atoms with Gasteiger partial charge in [-0.05, 0) is 48.9 Å². The fourth-order valence-corrected chi connectivity index (χ4v) is 3.44. The van der Waals surface area contributed by atoms with Crippen LogP contribution in [0.5, 0.6) is 0 Å². The predicted octanol–water partition coefficient (Wildman–Crippen LogP) is 5.32. The summed E-state index contributed by atoms with van der Waals surface area (Å²) in [6.45, 7) is 2.08. The lowest BCUT2D eigenvalue weighted by molar-refractivity contribution is -0.115. The second kappa shape index (κ2) is 7.69. The number of aryl methyl sites for hydroxylation is 1. The van der Waals surface area contributed by atoms with E-state index in [1.54, 1.807) is 36.0 Å². The summed E-state index contributed by atoms with van der Waals surface area (Å²) < 4.78 is 0. The van der Waals surface area contributed by atoms with Gasteiger partial charge in [0.2, 0.25) is 5.91 Å². The number of thioether (sulfide) groups is 1. The maximum absolute atomic E-state index is 12.0. The van der Waals surface area contributed by atoms with Crippen molar-refractivity contribution in [3.8, 4) is 0 Å². The number of anilines is 1. The molecule has 0 saturated carbocycles. The molecule has 122 valence electrons. The molecule has 1 N–H and O–H groups in total. The minimum Gasteiger partial charge on any atom is -0.326 e. The van der Waals surface area contributed by atoms with Crippen LogP contribution in [0, 0.1) is 6.92 Å². The third kappa shape index (κ3) is 4.28. The summed E-state index contributed by atoms with van der Waals surface area (Å²) in [5.74, 6) is 0.673. The molecule has 24 heavy (non-hydrogen) atoms. The molecule has 0 saturated heterocycles. The maximum atomic E-state index is 12.0. The van der Waals surface area contributed by atoms with Gasteiger partial charge in [-0.15, -0.1) is 11.8 Å². The van der Waals surface area contributed by atoms with Crippen molar-refractivity contribution >= 4 is 45.9 Å². The van der Waals surface area contributed by atoms with Gasteiger partial charge in [-0.25, -0.2) is 4.98 Å². The molecule has 3 nitrogen and oxygen atoms in total. The molecule has 1 aromatic heterocycles. The molecule has 0 bridgehead atoms. The zero-order chi connectivity index (χ0) is 16.9. The van der Waals surface area contributed by atoms with Gasteiger partial charge in [0.15, 0.2) is 0 Å². The second-order valence-corrected chi connectivity index (χ2v) is 7.00. The molecular formula is C19H17ClN2OS. The molecule has 0 aliphatic carbocycles. The summed E-state index contributed by atoms with van der Waals surface area (Å²) in [5, 5.41) is 5.64. The van der Waals surface area contributed by atoms with E-state index >= 15 is 0 Å². The van der Waals surface area contributed by atoms with Crippen molar-refractivity contribution in [3.05, 3.63) is 65.2 Å². The minimum atomic E-state index is -0.0117. The Kier molecular flexibility index (Phi) is 5.38. The molecule has 1 amide bonds. The van der Waals surface area contributed by atoms with Crippen molar-refractivity contribution in [2.24, 2.45) is 0 Å². The van der Waals surface area contributed by atoms with E-state index < -0.39 is 0 Å². The standard InChI is InChI=1S/C19H17ClN2OS/c1-13-12-19(22-17-5-3-2-4-16(13)17)24-11-10-18(23)21-15-8-6-14(20)7-9-15/h2-9,12H,10-11H2,1H3,(H,21,23). The number of rotatable bonds is 5. The van der Waals surface area contributed by atoms with E-state index in [1.165, 1.54) is 10.9 Å². The molecule has 2 aromatic carbocycles. The molecular weight excluding hydrogens is 340 g/mol. The van der Waals surface area contributed by atoms with Crippen molar-refractivity contribution in [2.75, 3.05) is 11.1 Å². The summed E-state index contributed by atoms with van der Waals surface area (Å²) in [7, 11) is 0. The maximum Gasteiger partial charge on any atom is 0.225 e. The summed E-state index contributed by atoms with van der Waals surface area (Å²) in [5.41, 5.74) is 2.95. The van der Waals surface area contributed by atoms with Crippen LogP contribution in [0.1, 0.15) is 12.0 Å². The average Bonchev–Trinajstić information content (AvgIpc) is 2.57. The van der Waals surface area contributed by atoms with Gasteiger partial charge in [-0.3, -0.25) is 4.79 Å². The molecule has 5 heteroatoms. The first kappa shape index (κ1) is 16.8. The predicted molar refractivity (Wildman–Crippen MR) is 102 cm³/mol. The van der Waals surface area contributed by atoms with Crippen molar-refractivity contribution in [2.45, 2.75) is 18.4 Å². The number of nitrogens with one attached hydrogen (secondary N) is 1. The number of hydrogen-bond acceptors (Lipinski definition) is 3. The highest BCUT2D eigenvalue weighted by Crippen LogP contribution is 2.24. The van der Waals surface area contributed by atoms with Gasteiger partial charge in [0, 0.05) is 28.3 Å². The summed E-state index contributed by atoms with van der Waals surface area (Å²) in [4.78, 5) is 16.6. The van der Waals surface area contributed by atoms with E-state index in [2.05, 4.69) is 29.4 Å². The first-order valence-corrected chi connectivity index (χ1v) is 9.03. The van der Waals surface area contributed by atoms with Crippen molar-refractivity contribution in [3.63, 3.8) is 0 Å². The Bertz CT molecular complexity index is 865. The Morgan fingerprint density at radius 3 is 2.71 bits per heavy atom. The van der Waals surface area contributed by atoms with Crippen LogP contribution >= 0.6 is 23.4 Å². The zero-order valence-corrected chi connectivity index (χ0v) is 14.8. The molecule has 0 fully saturated rings. The van der Waals surface area contributed by atoms with Gasteiger partial charge in [0.25, 0.3) is 0 Å². The average molecular weight is 357 g/mol. The number of hydrogen-bond donors (Lipinski definition) is 1. The van der Waals surface area contributed by atoms with Gasteiger partial charge >= 0.3 is 0 Å². The highest BCUT2D eigenvalue weighted by atomic mass is 35.5. The van der Waals surface area contributed by atoms with E-state index in [4.69, 9.17) is 11.6 Å². The highest BCUT2D eigenvalue weighted by molar-refractivity contribution is 7.99. The van der Waals surface area contributed by atoms with Crippen molar-refractivity contribution in [1.82, 2.24) is 4.98 Å². The number of pyridine rings is 1. The fourth-order valence-electron chi connectivity index (χ4n) is 2.40. The van der Waals surface area contributed by atoms with Gasteiger partial charge < -0.3 is 5.32 Å². The van der Waals surface area contributed by atoms with Crippen LogP contribution in [-0.2, 0) is 4.79 Å². The largest absolute Gasteiger partial charge is 0.326 e. The summed E-state index contributed by atoms with van der Waals surface area (Å²) in [6.07, 6.45) is 0.431. The van der Waals surface area contributed by atoms with Crippen LogP contribution in [0.25, 0.3) is 10.9 Å². The van der Waals surface area contributed by atoms with Crippen LogP contribution in [-0.4, -0.2) is 16.6 Å². The number of fused-ring (bicyclic) bond motifs is 1. The Labute approximate surface area is 150 Å². The smallest absolute Gasteiger partial charge is 0.225 e. The molecule has 0 aliphatic heterocycles. The van der Waals surface area contributed by atoms with E-state index in [1.807, 2.05) is 18.2 Å². The SMILES string of the molecule is Cc1cc(SCCC(=O)Nc2ccc(Cl)cc2)nc2ccccc12. The van der Waals surface area contributed by atoms with Crippen LogP contribution in [0.3, 0.4) is 0 Å². The topological polar surface area (TPSA) is 42.0 Å². The molecule has 0 unspecified atom stereocenters. The number of carbonyl (C=O) groups excluding carboxylic acids is 1. The minimum absolute atomic E-state index is 0.0117. The first-order chi connectivity index (χ1) is 11.6. The molecule has 1 heterocycles. The Hall–Kier alpha value is -2.04. The lowest BCUT2D eigenvalue weighted by atomic mass is 10.1. The number of halogens is 1. The van der Waals surface area contributed by atoms with Gasteiger partial charge in [-0.1, -0.05) is 29.8 Å². The normalized spacial score (nSPS) is 10.8. The van der Waals surface area contributed by atoms with Crippen molar-refractivity contribution in [1.29, 1.82) is 0 Å².